The first-order valence-corrected chi connectivity index (χ1v) is 8.24. The number of hydrogen-bond acceptors (Lipinski definition) is 4. The fraction of sp³-hybridized carbons (Fsp3) is 0.250. The smallest absolute Gasteiger partial charge is 0.320 e. The predicted octanol–water partition coefficient (Wildman–Crippen LogP) is 2.86. The number of fused-ring (bicyclic) bond motifs is 2. The first-order valence-electron chi connectivity index (χ1n) is 8.24. The second-order valence-corrected chi connectivity index (χ2v) is 6.31. The van der Waals surface area contributed by atoms with Gasteiger partial charge < -0.3 is 10.8 Å². The summed E-state index contributed by atoms with van der Waals surface area (Å²) in [6, 6.07) is 11.7. The molecule has 2 aromatic rings. The van der Waals surface area contributed by atoms with Crippen LogP contribution in [0.1, 0.15) is 45.5 Å². The van der Waals surface area contributed by atoms with E-state index in [1.807, 2.05) is 30.3 Å². The summed E-state index contributed by atoms with van der Waals surface area (Å²) in [7, 11) is 0. The van der Waals surface area contributed by atoms with Crippen molar-refractivity contribution < 1.29 is 19.5 Å². The van der Waals surface area contributed by atoms with E-state index < -0.39 is 12.0 Å². The van der Waals surface area contributed by atoms with Crippen molar-refractivity contribution in [2.75, 3.05) is 0 Å². The van der Waals surface area contributed by atoms with Gasteiger partial charge in [0.25, 0.3) is 0 Å². The van der Waals surface area contributed by atoms with Gasteiger partial charge in [0.15, 0.2) is 11.6 Å². The van der Waals surface area contributed by atoms with Gasteiger partial charge in [-0.15, -0.1) is 0 Å². The molecule has 0 amide bonds. The van der Waals surface area contributed by atoms with E-state index in [0.29, 0.717) is 30.4 Å². The van der Waals surface area contributed by atoms with Crippen LogP contribution >= 0.6 is 0 Å². The normalized spacial score (nSPS) is 15.4. The Morgan fingerprint density at radius 2 is 1.60 bits per heavy atom. The van der Waals surface area contributed by atoms with E-state index >= 15 is 0 Å². The number of hydrogen-bond donors (Lipinski definition) is 2. The number of ketones is 2. The number of carboxylic acid groups (broad SMARTS) is 1. The third-order valence-electron chi connectivity index (χ3n) is 4.49. The Labute approximate surface area is 145 Å². The monoisotopic (exact) mass is 337 g/mol. The van der Waals surface area contributed by atoms with E-state index in [1.54, 1.807) is 12.1 Å². The van der Waals surface area contributed by atoms with Gasteiger partial charge in [0.05, 0.1) is 0 Å². The molecule has 3 rings (SSSR count). The fourth-order valence-electron chi connectivity index (χ4n) is 3.05. The Kier molecular flexibility index (Phi) is 4.76. The molecule has 1 aliphatic carbocycles. The predicted molar refractivity (Wildman–Crippen MR) is 93.7 cm³/mol. The lowest BCUT2D eigenvalue weighted by Crippen LogP contribution is -2.32. The Bertz CT molecular complexity index is 839. The molecule has 0 saturated carbocycles. The minimum atomic E-state index is -1.04. The first kappa shape index (κ1) is 17.0. The fourth-order valence-corrected chi connectivity index (χ4v) is 3.05. The number of Topliss-reactive ketones (excluding diaryl/α,β-unsaturated/α-hetero) is 2. The Hall–Kier alpha value is -2.79. The standard InChI is InChI=1S/C20H19NO4/c21-17(20(24)25)10-12-4-6-13(7-5-12)15-9-8-14-11-16(15)19(23)3-1-2-18(14)22/h4-9,11,17H,1-3,10,21H2,(H,24,25). The molecule has 1 atom stereocenters. The van der Waals surface area contributed by atoms with Gasteiger partial charge in [0.1, 0.15) is 6.04 Å². The third-order valence-corrected chi connectivity index (χ3v) is 4.49. The molecule has 25 heavy (non-hydrogen) atoms. The Balaban J connectivity index is 1.93. The average Bonchev–Trinajstić information content (AvgIpc) is 2.60. The van der Waals surface area contributed by atoms with Crippen molar-refractivity contribution in [1.82, 2.24) is 0 Å². The lowest BCUT2D eigenvalue weighted by molar-refractivity contribution is -0.138. The zero-order valence-corrected chi connectivity index (χ0v) is 13.7. The SMILES string of the molecule is NC(Cc1ccc(-c2ccc3cc2C(=O)CCCC3=O)cc1)C(=O)O. The summed E-state index contributed by atoms with van der Waals surface area (Å²) in [5.74, 6) is -0.925. The van der Waals surface area contributed by atoms with Crippen molar-refractivity contribution in [3.63, 3.8) is 0 Å². The minimum Gasteiger partial charge on any atom is -0.480 e. The molecular formula is C20H19NO4. The molecule has 0 fully saturated rings. The van der Waals surface area contributed by atoms with E-state index in [0.717, 1.165) is 16.7 Å². The topological polar surface area (TPSA) is 97.5 Å². The quantitative estimate of drug-likeness (QED) is 0.894. The number of benzene rings is 2. The number of carbonyl (C=O) groups excluding carboxylic acids is 2. The molecule has 128 valence electrons. The molecule has 0 radical (unpaired) electrons. The zero-order chi connectivity index (χ0) is 18.0. The second-order valence-electron chi connectivity index (χ2n) is 6.31. The molecule has 0 saturated heterocycles. The average molecular weight is 337 g/mol. The molecule has 2 bridgehead atoms. The van der Waals surface area contributed by atoms with Crippen LogP contribution in [-0.2, 0) is 11.2 Å². The van der Waals surface area contributed by atoms with E-state index in [2.05, 4.69) is 0 Å². The van der Waals surface area contributed by atoms with E-state index in [4.69, 9.17) is 10.8 Å². The molecule has 5 heteroatoms. The molecule has 0 heterocycles. The van der Waals surface area contributed by atoms with E-state index in [-0.39, 0.29) is 18.0 Å². The number of carboxylic acids is 1. The Morgan fingerprint density at radius 3 is 2.28 bits per heavy atom. The van der Waals surface area contributed by atoms with Crippen LogP contribution in [-0.4, -0.2) is 28.7 Å². The van der Waals surface area contributed by atoms with Gasteiger partial charge in [-0.05, 0) is 35.6 Å². The van der Waals surface area contributed by atoms with Crippen molar-refractivity contribution in [1.29, 1.82) is 0 Å². The largest absolute Gasteiger partial charge is 0.480 e. The maximum Gasteiger partial charge on any atom is 0.320 e. The summed E-state index contributed by atoms with van der Waals surface area (Å²) in [5, 5.41) is 8.89. The number of carbonyl (C=O) groups is 3. The van der Waals surface area contributed by atoms with E-state index in [1.165, 1.54) is 0 Å². The van der Waals surface area contributed by atoms with Crippen LogP contribution < -0.4 is 5.73 Å². The molecule has 2 aromatic carbocycles. The molecule has 1 aliphatic rings. The zero-order valence-electron chi connectivity index (χ0n) is 13.7. The van der Waals surface area contributed by atoms with Crippen LogP contribution in [0.5, 0.6) is 0 Å². The Morgan fingerprint density at radius 1 is 0.960 bits per heavy atom. The van der Waals surface area contributed by atoms with Gasteiger partial charge in [-0.2, -0.15) is 0 Å². The number of rotatable bonds is 4. The molecule has 0 spiro atoms. The highest BCUT2D eigenvalue weighted by Gasteiger charge is 2.19. The summed E-state index contributed by atoms with van der Waals surface area (Å²) in [6.45, 7) is 0. The van der Waals surface area contributed by atoms with E-state index in [9.17, 15) is 14.4 Å². The van der Waals surface area contributed by atoms with Gasteiger partial charge in [0.2, 0.25) is 0 Å². The van der Waals surface area contributed by atoms with Gasteiger partial charge in [-0.1, -0.05) is 36.4 Å². The molecular weight excluding hydrogens is 318 g/mol. The summed E-state index contributed by atoms with van der Waals surface area (Å²) in [5.41, 5.74) is 9.17. The molecule has 3 N–H and O–H groups in total. The maximum absolute atomic E-state index is 12.4. The van der Waals surface area contributed by atoms with Gasteiger partial charge in [-0.25, -0.2) is 0 Å². The summed E-state index contributed by atoms with van der Waals surface area (Å²) >= 11 is 0. The van der Waals surface area contributed by atoms with Gasteiger partial charge >= 0.3 is 5.97 Å². The second kappa shape index (κ2) is 6.99. The molecule has 0 aromatic heterocycles. The van der Waals surface area contributed by atoms with Crippen LogP contribution in [0.4, 0.5) is 0 Å². The summed E-state index contributed by atoms with van der Waals surface area (Å²) < 4.78 is 0. The highest BCUT2D eigenvalue weighted by atomic mass is 16.4. The van der Waals surface area contributed by atoms with Crippen molar-refractivity contribution in [2.45, 2.75) is 31.7 Å². The highest BCUT2D eigenvalue weighted by molar-refractivity contribution is 6.07. The first-order chi connectivity index (χ1) is 12.0. The van der Waals surface area contributed by atoms with Crippen molar-refractivity contribution in [2.24, 2.45) is 5.73 Å². The lowest BCUT2D eigenvalue weighted by Gasteiger charge is -2.14. The third kappa shape index (κ3) is 3.67. The summed E-state index contributed by atoms with van der Waals surface area (Å²) in [4.78, 5) is 35.3. The maximum atomic E-state index is 12.4. The molecule has 5 nitrogen and oxygen atoms in total. The van der Waals surface area contributed by atoms with Crippen LogP contribution in [0.15, 0.2) is 42.5 Å². The van der Waals surface area contributed by atoms with Crippen molar-refractivity contribution in [3.8, 4) is 11.1 Å². The highest BCUT2D eigenvalue weighted by Crippen LogP contribution is 2.29. The molecule has 0 aliphatic heterocycles. The lowest BCUT2D eigenvalue weighted by atomic mass is 9.88. The van der Waals surface area contributed by atoms with Crippen LogP contribution in [0.3, 0.4) is 0 Å². The van der Waals surface area contributed by atoms with Crippen molar-refractivity contribution >= 4 is 17.5 Å². The summed E-state index contributed by atoms with van der Waals surface area (Å²) in [6.07, 6.45) is 1.59. The van der Waals surface area contributed by atoms with Crippen LogP contribution in [0, 0.1) is 0 Å². The number of aliphatic carboxylic acids is 1. The van der Waals surface area contributed by atoms with Gasteiger partial charge in [0, 0.05) is 24.0 Å². The molecule has 1 unspecified atom stereocenters. The van der Waals surface area contributed by atoms with Crippen molar-refractivity contribution in [3.05, 3.63) is 59.2 Å². The minimum absolute atomic E-state index is 0.0429. The number of nitrogens with two attached hydrogens (primary N) is 1. The van der Waals surface area contributed by atoms with Crippen LogP contribution in [0.25, 0.3) is 11.1 Å². The van der Waals surface area contributed by atoms with Gasteiger partial charge in [-0.3, -0.25) is 14.4 Å². The van der Waals surface area contributed by atoms with Crippen LogP contribution in [0.2, 0.25) is 0 Å².